The summed E-state index contributed by atoms with van der Waals surface area (Å²) in [6.45, 7) is 0. The molecule has 0 fully saturated rings. The standard InChI is InChI=1S/C57H35N3S2/c1-2-9-36(10-3-1)37-16-20-39(21-17-37)51-34-52(60-57(59-51)40-22-18-38(19-23-40)43-11-8-28-58-35-43)46-30-44(41-24-26-55-49(32-41)47-12-4-6-14-53(47)61-55)29-45(31-46)42-25-27-56-50(33-42)48-13-5-7-15-54(48)62-56/h1-35H. The van der Waals surface area contributed by atoms with Gasteiger partial charge in [-0.05, 0) is 111 Å². The molecule has 0 unspecified atom stereocenters. The largest absolute Gasteiger partial charge is 0.264 e. The highest BCUT2D eigenvalue weighted by molar-refractivity contribution is 7.26. The van der Waals surface area contributed by atoms with Gasteiger partial charge in [0.05, 0.1) is 11.4 Å². The van der Waals surface area contributed by atoms with Crippen molar-refractivity contribution >= 4 is 63.0 Å². The highest BCUT2D eigenvalue weighted by Crippen LogP contribution is 2.41. The smallest absolute Gasteiger partial charge is 0.160 e. The first-order valence-electron chi connectivity index (χ1n) is 20.7. The Hall–Kier alpha value is -7.57. The van der Waals surface area contributed by atoms with E-state index in [1.165, 1.54) is 57.0 Å². The van der Waals surface area contributed by atoms with Crippen LogP contribution in [0, 0.1) is 0 Å². The van der Waals surface area contributed by atoms with Crippen molar-refractivity contribution in [1.82, 2.24) is 15.0 Å². The molecule has 0 aliphatic rings. The van der Waals surface area contributed by atoms with Crippen LogP contribution in [0.15, 0.2) is 213 Å². The zero-order valence-electron chi connectivity index (χ0n) is 33.4. The average Bonchev–Trinajstić information content (AvgIpc) is 3.92. The van der Waals surface area contributed by atoms with Gasteiger partial charge in [0.25, 0.3) is 0 Å². The summed E-state index contributed by atoms with van der Waals surface area (Å²) in [4.78, 5) is 15.0. The summed E-state index contributed by atoms with van der Waals surface area (Å²) in [6.07, 6.45) is 3.70. The van der Waals surface area contributed by atoms with Crippen LogP contribution in [0.4, 0.5) is 0 Å². The van der Waals surface area contributed by atoms with Gasteiger partial charge in [0.1, 0.15) is 0 Å². The number of aromatic nitrogens is 3. The first kappa shape index (κ1) is 36.3. The quantitative estimate of drug-likeness (QED) is 0.161. The van der Waals surface area contributed by atoms with Crippen LogP contribution in [-0.4, -0.2) is 15.0 Å². The van der Waals surface area contributed by atoms with Gasteiger partial charge in [-0.1, -0.05) is 133 Å². The van der Waals surface area contributed by atoms with Crippen LogP contribution in [0.1, 0.15) is 0 Å². The van der Waals surface area contributed by atoms with E-state index in [1.807, 2.05) is 34.9 Å². The van der Waals surface area contributed by atoms with Crippen LogP contribution in [0.2, 0.25) is 0 Å². The highest BCUT2D eigenvalue weighted by atomic mass is 32.1. The van der Waals surface area contributed by atoms with Crippen molar-refractivity contribution in [1.29, 1.82) is 0 Å². The van der Waals surface area contributed by atoms with E-state index in [0.717, 1.165) is 55.9 Å². The third kappa shape index (κ3) is 6.65. The molecule has 62 heavy (non-hydrogen) atoms. The molecule has 0 aliphatic carbocycles. The monoisotopic (exact) mass is 825 g/mol. The Morgan fingerprint density at radius 2 is 0.726 bits per heavy atom. The summed E-state index contributed by atoms with van der Waals surface area (Å²) < 4.78 is 5.19. The van der Waals surface area contributed by atoms with E-state index in [-0.39, 0.29) is 0 Å². The summed E-state index contributed by atoms with van der Waals surface area (Å²) in [5.41, 5.74) is 13.9. The number of hydrogen-bond acceptors (Lipinski definition) is 5. The highest BCUT2D eigenvalue weighted by Gasteiger charge is 2.16. The van der Waals surface area contributed by atoms with Gasteiger partial charge < -0.3 is 0 Å². The molecule has 4 aromatic heterocycles. The fourth-order valence-corrected chi connectivity index (χ4v) is 10.8. The molecule has 0 saturated heterocycles. The van der Waals surface area contributed by atoms with E-state index in [2.05, 4.69) is 199 Å². The molecule has 0 spiro atoms. The van der Waals surface area contributed by atoms with Gasteiger partial charge in [-0.15, -0.1) is 22.7 Å². The minimum Gasteiger partial charge on any atom is -0.264 e. The number of fused-ring (bicyclic) bond motifs is 6. The van der Waals surface area contributed by atoms with Gasteiger partial charge in [0.15, 0.2) is 5.82 Å². The van der Waals surface area contributed by atoms with Gasteiger partial charge in [0.2, 0.25) is 0 Å². The maximum atomic E-state index is 5.38. The van der Waals surface area contributed by atoms with Gasteiger partial charge in [-0.25, -0.2) is 9.97 Å². The Morgan fingerprint density at radius 3 is 1.32 bits per heavy atom. The van der Waals surface area contributed by atoms with Crippen LogP contribution in [0.5, 0.6) is 0 Å². The lowest BCUT2D eigenvalue weighted by Crippen LogP contribution is -1.97. The molecular formula is C57H35N3S2. The summed E-state index contributed by atoms with van der Waals surface area (Å²) in [7, 11) is 0. The van der Waals surface area contributed by atoms with Crippen LogP contribution in [0.25, 0.3) is 119 Å². The minimum absolute atomic E-state index is 0.673. The van der Waals surface area contributed by atoms with Gasteiger partial charge in [0, 0.05) is 69.4 Å². The van der Waals surface area contributed by atoms with Gasteiger partial charge in [-0.3, -0.25) is 4.98 Å². The third-order valence-corrected chi connectivity index (χ3v) is 14.1. The molecule has 3 nitrogen and oxygen atoms in total. The molecular weight excluding hydrogens is 791 g/mol. The molecule has 12 aromatic rings. The Balaban J connectivity index is 1.05. The number of rotatable bonds is 7. The maximum absolute atomic E-state index is 5.38. The third-order valence-electron chi connectivity index (χ3n) is 11.8. The van der Waals surface area contributed by atoms with Crippen molar-refractivity contribution in [2.75, 3.05) is 0 Å². The lowest BCUT2D eigenvalue weighted by molar-refractivity contribution is 1.18. The lowest BCUT2D eigenvalue weighted by atomic mass is 9.93. The van der Waals surface area contributed by atoms with Crippen molar-refractivity contribution < 1.29 is 0 Å². The van der Waals surface area contributed by atoms with Crippen molar-refractivity contribution in [3.8, 4) is 78.4 Å². The fourth-order valence-electron chi connectivity index (χ4n) is 8.60. The predicted molar refractivity (Wildman–Crippen MR) is 264 cm³/mol. The zero-order valence-corrected chi connectivity index (χ0v) is 35.0. The van der Waals surface area contributed by atoms with Gasteiger partial charge >= 0.3 is 0 Å². The van der Waals surface area contributed by atoms with E-state index in [1.54, 1.807) is 6.20 Å². The van der Waals surface area contributed by atoms with Crippen molar-refractivity contribution in [2.24, 2.45) is 0 Å². The van der Waals surface area contributed by atoms with Crippen molar-refractivity contribution in [3.63, 3.8) is 0 Å². The number of thiophene rings is 2. The molecule has 4 heterocycles. The summed E-state index contributed by atoms with van der Waals surface area (Å²) in [5, 5.41) is 5.14. The molecule has 12 rings (SSSR count). The van der Waals surface area contributed by atoms with Gasteiger partial charge in [-0.2, -0.15) is 0 Å². The Bertz CT molecular complexity index is 3380. The SMILES string of the molecule is c1ccc(-c2ccc(-c3cc(-c4cc(-c5ccc6sc7ccccc7c6c5)cc(-c5ccc6sc7ccccc7c6c5)c4)nc(-c4ccc(-c5cccnc5)cc4)n3)cc2)cc1. The molecule has 5 heteroatoms. The molecule has 0 N–H and O–H groups in total. The van der Waals surface area contributed by atoms with E-state index in [4.69, 9.17) is 9.97 Å². The molecule has 290 valence electrons. The normalized spacial score (nSPS) is 11.5. The molecule has 0 atom stereocenters. The molecule has 0 aliphatic heterocycles. The lowest BCUT2D eigenvalue weighted by Gasteiger charge is -2.14. The average molecular weight is 826 g/mol. The first-order chi connectivity index (χ1) is 30.7. The second-order valence-corrected chi connectivity index (χ2v) is 17.8. The van der Waals surface area contributed by atoms with Crippen LogP contribution in [-0.2, 0) is 0 Å². The number of hydrogen-bond donors (Lipinski definition) is 0. The number of nitrogens with zero attached hydrogens (tertiary/aromatic N) is 3. The molecule has 0 bridgehead atoms. The molecule has 0 radical (unpaired) electrons. The van der Waals surface area contributed by atoms with E-state index >= 15 is 0 Å². The zero-order chi connectivity index (χ0) is 41.0. The summed E-state index contributed by atoms with van der Waals surface area (Å²) in [5.74, 6) is 0.673. The molecule has 8 aromatic carbocycles. The summed E-state index contributed by atoms with van der Waals surface area (Å²) in [6, 6.07) is 72.1. The van der Waals surface area contributed by atoms with Crippen molar-refractivity contribution in [2.45, 2.75) is 0 Å². The first-order valence-corrected chi connectivity index (χ1v) is 22.3. The second-order valence-electron chi connectivity index (χ2n) is 15.6. The second kappa shape index (κ2) is 15.2. The summed E-state index contributed by atoms with van der Waals surface area (Å²) >= 11 is 3.69. The van der Waals surface area contributed by atoms with E-state index < -0.39 is 0 Å². The predicted octanol–water partition coefficient (Wildman–Crippen LogP) is 16.3. The molecule has 0 amide bonds. The topological polar surface area (TPSA) is 38.7 Å². The maximum Gasteiger partial charge on any atom is 0.160 e. The number of benzene rings is 8. The van der Waals surface area contributed by atoms with Crippen molar-refractivity contribution in [3.05, 3.63) is 213 Å². The van der Waals surface area contributed by atoms with E-state index in [9.17, 15) is 0 Å². The Morgan fingerprint density at radius 1 is 0.274 bits per heavy atom. The fraction of sp³-hybridized carbons (Fsp3) is 0. The Labute approximate surface area is 366 Å². The van der Waals surface area contributed by atoms with Crippen LogP contribution >= 0.6 is 22.7 Å². The van der Waals surface area contributed by atoms with Crippen LogP contribution in [0.3, 0.4) is 0 Å². The minimum atomic E-state index is 0.673. The Kier molecular flexibility index (Phi) is 8.87. The molecule has 0 saturated carbocycles. The van der Waals surface area contributed by atoms with Crippen LogP contribution < -0.4 is 0 Å². The number of pyridine rings is 1. The van der Waals surface area contributed by atoms with E-state index in [0.29, 0.717) is 5.82 Å².